The monoisotopic (exact) mass is 381 g/mol. The number of imide groups is 1. The average Bonchev–Trinajstić information content (AvgIpc) is 3.12. The molecule has 0 radical (unpaired) electrons. The fourth-order valence-electron chi connectivity index (χ4n) is 2.78. The summed E-state index contributed by atoms with van der Waals surface area (Å²) in [6.07, 6.45) is -0.142. The first-order valence-electron chi connectivity index (χ1n) is 8.43. The third-order valence-corrected chi connectivity index (χ3v) is 5.06. The first-order chi connectivity index (χ1) is 12.3. The van der Waals surface area contributed by atoms with E-state index in [9.17, 15) is 19.2 Å². The Hall–Kier alpha value is -2.42. The third kappa shape index (κ3) is 5.04. The highest BCUT2D eigenvalue weighted by molar-refractivity contribution is 7.12. The van der Waals surface area contributed by atoms with Crippen LogP contribution in [0.2, 0.25) is 0 Å². The number of likely N-dealkylation sites (tertiary alicyclic amines) is 1. The number of carbonyl (C=O) groups is 4. The first-order valence-corrected chi connectivity index (χ1v) is 9.31. The molecule has 0 aliphatic carbocycles. The summed E-state index contributed by atoms with van der Waals surface area (Å²) < 4.78 is 5.32. The molecule has 0 unspecified atom stereocenters. The number of primary amides is 1. The van der Waals surface area contributed by atoms with Gasteiger partial charge in [0.2, 0.25) is 0 Å². The molecule has 2 heterocycles. The van der Waals surface area contributed by atoms with Gasteiger partial charge in [0.05, 0.1) is 10.8 Å². The van der Waals surface area contributed by atoms with E-state index in [0.717, 1.165) is 0 Å². The molecule has 1 fully saturated rings. The van der Waals surface area contributed by atoms with E-state index in [-0.39, 0.29) is 17.7 Å². The van der Waals surface area contributed by atoms with Crippen LogP contribution in [0.5, 0.6) is 0 Å². The van der Waals surface area contributed by atoms with Crippen molar-refractivity contribution in [2.24, 2.45) is 17.6 Å². The maximum atomic E-state index is 12.4. The average molecular weight is 381 g/mol. The number of piperidine rings is 1. The predicted octanol–water partition coefficient (Wildman–Crippen LogP) is 1.36. The third-order valence-electron chi connectivity index (χ3n) is 4.20. The quantitative estimate of drug-likeness (QED) is 0.747. The number of ether oxygens (including phenoxy) is 1. The Morgan fingerprint density at radius 3 is 2.42 bits per heavy atom. The van der Waals surface area contributed by atoms with Crippen LogP contribution in [0.15, 0.2) is 17.5 Å². The second kappa shape index (κ2) is 8.79. The van der Waals surface area contributed by atoms with Gasteiger partial charge in [-0.2, -0.15) is 0 Å². The van der Waals surface area contributed by atoms with Crippen molar-refractivity contribution in [3.63, 3.8) is 0 Å². The first kappa shape index (κ1) is 19.9. The molecule has 1 aliphatic rings. The molecule has 8 nitrogen and oxygen atoms in total. The number of hydrogen-bond donors (Lipinski definition) is 2. The summed E-state index contributed by atoms with van der Waals surface area (Å²) in [7, 11) is 0. The lowest BCUT2D eigenvalue weighted by molar-refractivity contribution is -0.163. The Kier molecular flexibility index (Phi) is 6.73. The number of esters is 1. The zero-order valence-electron chi connectivity index (χ0n) is 14.8. The SMILES string of the molecule is CC(C)[C@H](OC(=O)C1CCN(C(=O)c2cccs2)CC1)C(=O)NC(N)=O. The van der Waals surface area contributed by atoms with Crippen molar-refractivity contribution in [3.8, 4) is 0 Å². The zero-order valence-corrected chi connectivity index (χ0v) is 15.6. The topological polar surface area (TPSA) is 119 Å². The van der Waals surface area contributed by atoms with Crippen LogP contribution in [0.3, 0.4) is 0 Å². The van der Waals surface area contributed by atoms with Gasteiger partial charge in [0.15, 0.2) is 6.10 Å². The summed E-state index contributed by atoms with van der Waals surface area (Å²) in [6, 6.07) is 2.61. The summed E-state index contributed by atoms with van der Waals surface area (Å²) in [5.41, 5.74) is 4.94. The molecule has 1 saturated heterocycles. The Morgan fingerprint density at radius 1 is 1.27 bits per heavy atom. The lowest BCUT2D eigenvalue weighted by atomic mass is 9.96. The van der Waals surface area contributed by atoms with Gasteiger partial charge in [-0.25, -0.2) is 4.79 Å². The highest BCUT2D eigenvalue weighted by atomic mass is 32.1. The highest BCUT2D eigenvalue weighted by Crippen LogP contribution is 2.23. The fourth-order valence-corrected chi connectivity index (χ4v) is 3.47. The van der Waals surface area contributed by atoms with Gasteiger partial charge in [-0.3, -0.25) is 19.7 Å². The fraction of sp³-hybridized carbons (Fsp3) is 0.529. The van der Waals surface area contributed by atoms with Crippen molar-refractivity contribution < 1.29 is 23.9 Å². The molecular formula is C17H23N3O5S. The van der Waals surface area contributed by atoms with Gasteiger partial charge in [0, 0.05) is 13.1 Å². The predicted molar refractivity (Wildman–Crippen MR) is 95.4 cm³/mol. The van der Waals surface area contributed by atoms with Crippen LogP contribution in [-0.2, 0) is 14.3 Å². The molecule has 4 amide bonds. The molecule has 0 aromatic carbocycles. The van der Waals surface area contributed by atoms with Crippen LogP contribution in [0.4, 0.5) is 4.79 Å². The normalized spacial score (nSPS) is 16.2. The second-order valence-electron chi connectivity index (χ2n) is 6.50. The summed E-state index contributed by atoms with van der Waals surface area (Å²) in [4.78, 5) is 49.9. The molecule has 1 aliphatic heterocycles. The van der Waals surface area contributed by atoms with Crippen molar-refractivity contribution in [2.45, 2.75) is 32.8 Å². The number of nitrogens with two attached hydrogens (primary N) is 1. The standard InChI is InChI=1S/C17H23N3O5S/c1-10(2)13(14(21)19-17(18)24)25-16(23)11-5-7-20(8-6-11)15(22)12-4-3-9-26-12/h3-4,9-11,13H,5-8H2,1-2H3,(H3,18,19,21,24)/t13-/m0/s1. The molecule has 26 heavy (non-hydrogen) atoms. The molecule has 0 saturated carbocycles. The molecule has 0 bridgehead atoms. The Bertz CT molecular complexity index is 666. The van der Waals surface area contributed by atoms with Gasteiger partial charge >= 0.3 is 12.0 Å². The molecule has 3 N–H and O–H groups in total. The van der Waals surface area contributed by atoms with E-state index in [1.54, 1.807) is 24.8 Å². The van der Waals surface area contributed by atoms with E-state index in [2.05, 4.69) is 0 Å². The van der Waals surface area contributed by atoms with Crippen molar-refractivity contribution in [3.05, 3.63) is 22.4 Å². The van der Waals surface area contributed by atoms with Crippen molar-refractivity contribution in [1.29, 1.82) is 0 Å². The Morgan fingerprint density at radius 2 is 1.92 bits per heavy atom. The van der Waals surface area contributed by atoms with Crippen LogP contribution in [-0.4, -0.2) is 47.9 Å². The number of hydrogen-bond acceptors (Lipinski definition) is 6. The minimum absolute atomic E-state index is 0.0345. The van der Waals surface area contributed by atoms with E-state index in [1.165, 1.54) is 11.3 Å². The van der Waals surface area contributed by atoms with E-state index >= 15 is 0 Å². The van der Waals surface area contributed by atoms with Crippen molar-refractivity contribution >= 4 is 35.2 Å². The zero-order chi connectivity index (χ0) is 19.3. The molecule has 1 aromatic rings. The Labute approximate surface area is 155 Å². The lowest BCUT2D eigenvalue weighted by Gasteiger charge is -2.31. The summed E-state index contributed by atoms with van der Waals surface area (Å²) in [5.74, 6) is -1.95. The number of nitrogens with one attached hydrogen (secondary N) is 1. The smallest absolute Gasteiger partial charge is 0.318 e. The number of urea groups is 1. The maximum Gasteiger partial charge on any atom is 0.318 e. The number of nitrogens with zero attached hydrogens (tertiary/aromatic N) is 1. The van der Waals surface area contributed by atoms with E-state index in [1.807, 2.05) is 16.8 Å². The van der Waals surface area contributed by atoms with Crippen molar-refractivity contribution in [1.82, 2.24) is 10.2 Å². The van der Waals surface area contributed by atoms with Crippen molar-refractivity contribution in [2.75, 3.05) is 13.1 Å². The summed E-state index contributed by atoms with van der Waals surface area (Å²) >= 11 is 1.39. The van der Waals surface area contributed by atoms with Crippen LogP contribution in [0, 0.1) is 11.8 Å². The van der Waals surface area contributed by atoms with Gasteiger partial charge in [0.25, 0.3) is 11.8 Å². The number of carbonyl (C=O) groups excluding carboxylic acids is 4. The van der Waals surface area contributed by atoms with Crippen LogP contribution in [0.1, 0.15) is 36.4 Å². The molecule has 2 rings (SSSR count). The maximum absolute atomic E-state index is 12.4. The van der Waals surface area contributed by atoms with Crippen LogP contribution < -0.4 is 11.1 Å². The molecular weight excluding hydrogens is 358 g/mol. The van der Waals surface area contributed by atoms with Crippen LogP contribution in [0.25, 0.3) is 0 Å². The molecule has 142 valence electrons. The second-order valence-corrected chi connectivity index (χ2v) is 7.45. The van der Waals surface area contributed by atoms with Gasteiger partial charge in [-0.1, -0.05) is 19.9 Å². The molecule has 1 aromatic heterocycles. The van der Waals surface area contributed by atoms with Crippen LogP contribution >= 0.6 is 11.3 Å². The van der Waals surface area contributed by atoms with E-state index < -0.39 is 24.0 Å². The van der Waals surface area contributed by atoms with Gasteiger partial charge in [0.1, 0.15) is 0 Å². The lowest BCUT2D eigenvalue weighted by Crippen LogP contribution is -2.47. The molecule has 1 atom stereocenters. The summed E-state index contributed by atoms with van der Waals surface area (Å²) in [6.45, 7) is 4.33. The number of rotatable bonds is 5. The minimum Gasteiger partial charge on any atom is -0.452 e. The Balaban J connectivity index is 1.89. The van der Waals surface area contributed by atoms with Gasteiger partial charge in [-0.15, -0.1) is 11.3 Å². The van der Waals surface area contributed by atoms with Gasteiger partial charge < -0.3 is 15.4 Å². The minimum atomic E-state index is -1.08. The largest absolute Gasteiger partial charge is 0.452 e. The highest BCUT2D eigenvalue weighted by Gasteiger charge is 2.33. The van der Waals surface area contributed by atoms with Gasteiger partial charge in [-0.05, 0) is 30.2 Å². The number of thiophene rings is 1. The van der Waals surface area contributed by atoms with E-state index in [4.69, 9.17) is 10.5 Å². The number of amides is 4. The summed E-state index contributed by atoms with van der Waals surface area (Å²) in [5, 5.41) is 3.79. The van der Waals surface area contributed by atoms with E-state index in [0.29, 0.717) is 30.8 Å². The molecule has 0 spiro atoms. The molecule has 9 heteroatoms.